The van der Waals surface area contributed by atoms with Crippen molar-refractivity contribution in [2.45, 2.75) is 284 Å². The van der Waals surface area contributed by atoms with Crippen LogP contribution in [0.3, 0.4) is 0 Å². The molecule has 1 aromatic rings. The number of carbonyl (C=O) groups is 16. The van der Waals surface area contributed by atoms with Gasteiger partial charge in [0, 0.05) is 45.7 Å². The van der Waals surface area contributed by atoms with Crippen LogP contribution in [-0.2, 0) is 82.8 Å². The van der Waals surface area contributed by atoms with Gasteiger partial charge in [-0.2, -0.15) is 0 Å². The fourth-order valence-electron chi connectivity index (χ4n) is 10.3. The Labute approximate surface area is 653 Å². The number of benzene rings is 1. The van der Waals surface area contributed by atoms with Gasteiger partial charge in [-0.3, -0.25) is 52.7 Å². The zero-order valence-corrected chi connectivity index (χ0v) is 67.8. The van der Waals surface area contributed by atoms with Crippen LogP contribution in [0.15, 0.2) is 30.3 Å². The molecule has 0 unspecified atom stereocenters. The van der Waals surface area contributed by atoms with Crippen LogP contribution in [0.25, 0.3) is 0 Å². The molecule has 632 valence electrons. The lowest BCUT2D eigenvalue weighted by Gasteiger charge is -2.29. The van der Waals surface area contributed by atoms with Crippen molar-refractivity contribution in [3.63, 3.8) is 0 Å². The third-order valence-electron chi connectivity index (χ3n) is 15.4. The predicted molar refractivity (Wildman–Crippen MR) is 405 cm³/mol. The van der Waals surface area contributed by atoms with E-state index in [4.69, 9.17) is 23.7 Å². The van der Waals surface area contributed by atoms with Crippen molar-refractivity contribution < 1.29 is 111 Å². The average molecular weight is 1590 g/mol. The molecule has 16 amide bonds. The summed E-state index contributed by atoms with van der Waals surface area (Å²) in [5.41, 5.74) is -4.46. The Balaban J connectivity index is 3.09. The number of hydrogen-bond acceptors (Lipinski definition) is 23. The molecule has 1 aromatic carbocycles. The van der Waals surface area contributed by atoms with E-state index in [0.29, 0.717) is 5.56 Å². The highest BCUT2D eigenvalue weighted by Crippen LogP contribution is 2.15. The van der Waals surface area contributed by atoms with Crippen LogP contribution in [0.1, 0.15) is 182 Å². The van der Waals surface area contributed by atoms with Crippen molar-refractivity contribution in [3.8, 4) is 0 Å². The first-order valence-electron chi connectivity index (χ1n) is 37.2. The topological polar surface area (TPSA) is 552 Å². The first-order chi connectivity index (χ1) is 51.7. The zero-order chi connectivity index (χ0) is 85.2. The number of aliphatic hydroxyl groups excluding tert-OH is 2. The summed E-state index contributed by atoms with van der Waals surface area (Å²) in [6.07, 6.45) is -11.3. The van der Waals surface area contributed by atoms with E-state index in [1.165, 1.54) is 0 Å². The second-order valence-corrected chi connectivity index (χ2v) is 32.2. The number of hydrogen-bond donors (Lipinski definition) is 18. The highest BCUT2D eigenvalue weighted by Gasteiger charge is 2.39. The second kappa shape index (κ2) is 45.9. The molecule has 1 heterocycles. The lowest BCUT2D eigenvalue weighted by molar-refractivity contribution is -0.136. The summed E-state index contributed by atoms with van der Waals surface area (Å²) < 4.78 is 26.7. The Morgan fingerprint density at radius 3 is 1.21 bits per heavy atom. The number of nitrogens with one attached hydrogen (secondary N) is 16. The summed E-state index contributed by atoms with van der Waals surface area (Å²) in [5, 5.41) is 62.1. The van der Waals surface area contributed by atoms with Crippen molar-refractivity contribution in [2.24, 2.45) is 5.92 Å². The van der Waals surface area contributed by atoms with Crippen LogP contribution in [0.5, 0.6) is 0 Å². The quantitative estimate of drug-likeness (QED) is 0.0359. The predicted octanol–water partition coefficient (Wildman–Crippen LogP) is -0.392. The van der Waals surface area contributed by atoms with E-state index in [2.05, 4.69) is 85.1 Å². The summed E-state index contributed by atoms with van der Waals surface area (Å²) in [4.78, 5) is 224. The van der Waals surface area contributed by atoms with Crippen LogP contribution >= 0.6 is 0 Å². The molecule has 112 heavy (non-hydrogen) atoms. The molecule has 18 N–H and O–H groups in total. The fraction of sp³-hybridized carbons (Fsp3) is 0.699. The molecular weight excluding hydrogens is 1470 g/mol. The molecule has 0 aromatic heterocycles. The third-order valence-corrected chi connectivity index (χ3v) is 15.4. The molecule has 0 aliphatic carbocycles. The highest BCUT2D eigenvalue weighted by molar-refractivity contribution is 5.99. The maximum Gasteiger partial charge on any atom is 0.407 e. The maximum atomic E-state index is 15.3. The van der Waals surface area contributed by atoms with Crippen molar-refractivity contribution in [2.75, 3.05) is 39.3 Å². The molecule has 0 spiro atoms. The Morgan fingerprint density at radius 1 is 0.455 bits per heavy atom. The SMILES string of the molecule is CC(C)C[C@@H]1NC(=O)[C@@H](Cc2ccccc2)NC(=O)[C@H](CCNC(=O)OC(C)(C)C)NC(=O)[C@@H](NC(=O)[C@H](CCNC(=O)OC(C)(C)C)NC(=O)[C@@H](NC(=O)[C@H](CCNC(=O)OC(C)(C)C)NC=O)[C@@H](C)O)CCNC(=O)[C@H]([C@@H](C)O)NC(=O)[C@H](CCNC(=O)OC(C)(C)C)NC(=O)[C@H](CCNC(=O)OC(C)(C)C)NC1=O. The highest BCUT2D eigenvalue weighted by atomic mass is 16.6. The molecular formula is C73H122N16O23. The van der Waals surface area contributed by atoms with Crippen LogP contribution in [-0.4, -0.2) is 246 Å². The molecule has 1 fully saturated rings. The normalized spacial score (nSPS) is 20.2. The summed E-state index contributed by atoms with van der Waals surface area (Å²) >= 11 is 0. The summed E-state index contributed by atoms with van der Waals surface area (Å²) in [6.45, 7) is 26.9. The van der Waals surface area contributed by atoms with E-state index in [-0.39, 0.29) is 44.7 Å². The Hall–Kier alpha value is -10.3. The lowest BCUT2D eigenvalue weighted by Crippen LogP contribution is -2.62. The third kappa shape index (κ3) is 41.1. The van der Waals surface area contributed by atoms with E-state index < -0.39 is 248 Å². The minimum Gasteiger partial charge on any atom is -0.444 e. The standard InChI is InChI=1S/C73H122N16O23/c1-40(2)37-50-60(99)84-46(27-33-76-65(104)109-70(8,9)10)56(95)83-49(30-36-79-68(107)112-73(17,18)19)59(98)88-52(41(3)91)62(101)74-31-26-45(55(94)82-47(28-34-77-66(105)110-71(11,12)13)58(97)87-51(61(100)86-50)38-43-23-21-20-22-24-43)81-57(96)48(29-35-78-67(106)111-72(14,15)16)85-63(102)53(42(4)92)89-54(93)44(80-39-90)25-32-75-64(103)108-69(5,6)7/h20-24,39-42,44-53,91-92H,25-38H2,1-19H3,(H,74,101)(H,75,103)(H,76,104)(H,77,105)(H,78,106)(H,79,107)(H,80,90)(H,81,96)(H,82,94)(H,83,95)(H,84,99)(H,85,102)(H,86,100)(H,87,97)(H,88,98)(H,89,93)/t41-,42-,44+,45+,46+,47+,48+,49+,50+,51-,52+,53+/m1/s1. The first-order valence-corrected chi connectivity index (χ1v) is 37.2. The van der Waals surface area contributed by atoms with Gasteiger partial charge in [0.2, 0.25) is 65.5 Å². The van der Waals surface area contributed by atoms with Crippen LogP contribution in [0, 0.1) is 5.92 Å². The van der Waals surface area contributed by atoms with Crippen molar-refractivity contribution >= 4 is 95.9 Å². The molecule has 2 rings (SSSR count). The van der Waals surface area contributed by atoms with Gasteiger partial charge in [-0.25, -0.2) is 24.0 Å². The van der Waals surface area contributed by atoms with Gasteiger partial charge >= 0.3 is 30.5 Å². The molecule has 1 aliphatic rings. The number of aliphatic hydroxyl groups is 2. The van der Waals surface area contributed by atoms with E-state index in [1.54, 1.807) is 148 Å². The number of carbonyl (C=O) groups excluding carboxylic acids is 16. The first kappa shape index (κ1) is 97.7. The van der Waals surface area contributed by atoms with Gasteiger partial charge in [0.25, 0.3) is 0 Å². The second-order valence-electron chi connectivity index (χ2n) is 32.2. The van der Waals surface area contributed by atoms with E-state index in [9.17, 15) is 67.7 Å². The minimum absolute atomic E-state index is 0.124. The monoisotopic (exact) mass is 1590 g/mol. The number of amides is 16. The van der Waals surface area contributed by atoms with Gasteiger partial charge in [0.15, 0.2) is 0 Å². The molecule has 0 bridgehead atoms. The van der Waals surface area contributed by atoms with Crippen LogP contribution in [0.2, 0.25) is 0 Å². The fourth-order valence-corrected chi connectivity index (χ4v) is 10.3. The number of ether oxygens (including phenoxy) is 5. The Morgan fingerprint density at radius 2 is 0.821 bits per heavy atom. The van der Waals surface area contributed by atoms with E-state index >= 15 is 19.2 Å². The van der Waals surface area contributed by atoms with E-state index in [0.717, 1.165) is 13.8 Å². The summed E-state index contributed by atoms with van der Waals surface area (Å²) in [5.74, 6) is -11.6. The molecule has 1 saturated heterocycles. The van der Waals surface area contributed by atoms with Gasteiger partial charge in [-0.05, 0) is 174 Å². The van der Waals surface area contributed by atoms with Gasteiger partial charge < -0.3 is 119 Å². The summed E-state index contributed by atoms with van der Waals surface area (Å²) in [7, 11) is 0. The van der Waals surface area contributed by atoms with E-state index in [1.807, 2.05) is 0 Å². The van der Waals surface area contributed by atoms with Crippen molar-refractivity contribution in [1.82, 2.24) is 85.1 Å². The number of rotatable bonds is 29. The zero-order valence-electron chi connectivity index (χ0n) is 67.8. The Kier molecular flexibility index (Phi) is 40.0. The summed E-state index contributed by atoms with van der Waals surface area (Å²) in [6, 6.07) is -9.26. The van der Waals surface area contributed by atoms with Gasteiger partial charge in [0.05, 0.1) is 12.2 Å². The molecule has 0 saturated carbocycles. The molecule has 0 radical (unpaired) electrons. The van der Waals surface area contributed by atoms with Gasteiger partial charge in [-0.1, -0.05) is 44.2 Å². The largest absolute Gasteiger partial charge is 0.444 e. The molecule has 39 nitrogen and oxygen atoms in total. The maximum absolute atomic E-state index is 15.3. The molecule has 12 atom stereocenters. The van der Waals surface area contributed by atoms with Gasteiger partial charge in [0.1, 0.15) is 88.4 Å². The van der Waals surface area contributed by atoms with Crippen LogP contribution in [0.4, 0.5) is 24.0 Å². The Bertz CT molecular complexity index is 3340. The van der Waals surface area contributed by atoms with Gasteiger partial charge in [-0.15, -0.1) is 0 Å². The van der Waals surface area contributed by atoms with Crippen LogP contribution < -0.4 is 85.1 Å². The smallest absolute Gasteiger partial charge is 0.407 e. The molecule has 1 aliphatic heterocycles. The van der Waals surface area contributed by atoms with Crippen molar-refractivity contribution in [1.29, 1.82) is 0 Å². The average Bonchev–Trinajstić information content (AvgIpc) is 0.974. The lowest BCUT2D eigenvalue weighted by atomic mass is 10.00. The molecule has 39 heteroatoms. The van der Waals surface area contributed by atoms with Crippen molar-refractivity contribution in [3.05, 3.63) is 35.9 Å². The number of alkyl carbamates (subject to hydrolysis) is 5. The minimum atomic E-state index is -1.94.